The molecule has 0 bridgehead atoms. The molecule has 0 saturated carbocycles. The monoisotopic (exact) mass is 223 g/mol. The van der Waals surface area contributed by atoms with Crippen LogP contribution in [-0.4, -0.2) is 19.9 Å². The van der Waals surface area contributed by atoms with E-state index in [0.29, 0.717) is 0 Å². The molecule has 4 nitrogen and oxygen atoms in total. The Hall–Kier alpha value is -1.42. The third-order valence-electron chi connectivity index (χ3n) is 2.64. The summed E-state index contributed by atoms with van der Waals surface area (Å²) in [4.78, 5) is 0. The van der Waals surface area contributed by atoms with Crippen LogP contribution in [0.25, 0.3) is 0 Å². The van der Waals surface area contributed by atoms with Crippen LogP contribution in [0.4, 0.5) is 0 Å². The highest BCUT2D eigenvalue weighted by molar-refractivity contribution is 5.51. The summed E-state index contributed by atoms with van der Waals surface area (Å²) in [5.41, 5.74) is 6.86. The molecule has 0 radical (unpaired) electrons. The molecule has 16 heavy (non-hydrogen) atoms. The number of hydrogen-bond acceptors (Lipinski definition) is 4. The van der Waals surface area contributed by atoms with Gasteiger partial charge in [-0.05, 0) is 31.4 Å². The van der Waals surface area contributed by atoms with Gasteiger partial charge in [-0.3, -0.25) is 0 Å². The number of ether oxygens (including phenoxy) is 3. The lowest BCUT2D eigenvalue weighted by Gasteiger charge is -2.11. The summed E-state index contributed by atoms with van der Waals surface area (Å²) in [5.74, 6) is 2.38. The molecule has 2 N–H and O–H groups in total. The van der Waals surface area contributed by atoms with E-state index >= 15 is 0 Å². The smallest absolute Gasteiger partial charge is 0.231 e. The van der Waals surface area contributed by atoms with Gasteiger partial charge in [0.1, 0.15) is 5.75 Å². The van der Waals surface area contributed by atoms with E-state index in [1.54, 1.807) is 7.11 Å². The van der Waals surface area contributed by atoms with Crippen LogP contribution in [0, 0.1) is 0 Å². The summed E-state index contributed by atoms with van der Waals surface area (Å²) in [6.07, 6.45) is 1.81. The van der Waals surface area contributed by atoms with Gasteiger partial charge in [-0.2, -0.15) is 0 Å². The Morgan fingerprint density at radius 1 is 1.38 bits per heavy atom. The number of benzene rings is 1. The molecule has 4 heteroatoms. The minimum atomic E-state index is 0.190. The molecular weight excluding hydrogens is 206 g/mol. The molecule has 0 aliphatic carbocycles. The second kappa shape index (κ2) is 4.61. The van der Waals surface area contributed by atoms with Crippen molar-refractivity contribution in [3.05, 3.63) is 17.7 Å². The molecule has 1 aromatic carbocycles. The first-order chi connectivity index (χ1) is 7.70. The maximum Gasteiger partial charge on any atom is 0.231 e. The highest BCUT2D eigenvalue weighted by Gasteiger charge is 2.17. The molecule has 1 heterocycles. The minimum absolute atomic E-state index is 0.190. The quantitative estimate of drug-likeness (QED) is 0.844. The average Bonchev–Trinajstić information content (AvgIpc) is 2.71. The molecule has 0 saturated heterocycles. The van der Waals surface area contributed by atoms with Crippen molar-refractivity contribution >= 4 is 0 Å². The molecule has 0 spiro atoms. The maximum atomic E-state index is 5.75. The Morgan fingerprint density at radius 2 is 2.06 bits per heavy atom. The van der Waals surface area contributed by atoms with Crippen LogP contribution < -0.4 is 19.9 Å². The van der Waals surface area contributed by atoms with Crippen LogP contribution in [0.15, 0.2) is 12.1 Å². The van der Waals surface area contributed by atoms with Gasteiger partial charge in [0.15, 0.2) is 11.5 Å². The first-order valence-corrected chi connectivity index (χ1v) is 5.43. The fourth-order valence-corrected chi connectivity index (χ4v) is 1.73. The summed E-state index contributed by atoms with van der Waals surface area (Å²) in [7, 11) is 1.66. The fraction of sp³-hybridized carbons (Fsp3) is 0.500. The van der Waals surface area contributed by atoms with Crippen LogP contribution in [-0.2, 0) is 6.42 Å². The van der Waals surface area contributed by atoms with Gasteiger partial charge in [0.05, 0.1) is 7.11 Å². The van der Waals surface area contributed by atoms with E-state index in [2.05, 4.69) is 0 Å². The Balaban J connectivity index is 2.22. The first kappa shape index (κ1) is 11.1. The van der Waals surface area contributed by atoms with Crippen LogP contribution in [0.2, 0.25) is 0 Å². The topological polar surface area (TPSA) is 53.7 Å². The van der Waals surface area contributed by atoms with Crippen molar-refractivity contribution in [2.24, 2.45) is 5.73 Å². The molecule has 0 amide bonds. The highest BCUT2D eigenvalue weighted by Crippen LogP contribution is 2.38. The van der Waals surface area contributed by atoms with Gasteiger partial charge in [-0.25, -0.2) is 0 Å². The van der Waals surface area contributed by atoms with Crippen molar-refractivity contribution in [1.29, 1.82) is 0 Å². The van der Waals surface area contributed by atoms with Gasteiger partial charge in [-0.15, -0.1) is 0 Å². The molecule has 1 aromatic rings. The number of fused-ring (bicyclic) bond motifs is 1. The average molecular weight is 223 g/mol. The van der Waals surface area contributed by atoms with Crippen molar-refractivity contribution in [3.63, 3.8) is 0 Å². The van der Waals surface area contributed by atoms with Gasteiger partial charge >= 0.3 is 0 Å². The second-order valence-electron chi connectivity index (χ2n) is 4.03. The molecule has 1 atom stereocenters. The number of rotatable bonds is 4. The fourth-order valence-electron chi connectivity index (χ4n) is 1.73. The molecule has 1 aliphatic heterocycles. The molecular formula is C12H17NO3. The lowest BCUT2D eigenvalue weighted by molar-refractivity contribution is 0.174. The van der Waals surface area contributed by atoms with E-state index in [9.17, 15) is 0 Å². The Kier molecular flexibility index (Phi) is 3.19. The first-order valence-electron chi connectivity index (χ1n) is 5.43. The standard InChI is InChI=1S/C12H17NO3/c1-8(13)3-4-9-5-11-12(16-7-15-11)6-10(9)14-2/h5-6,8H,3-4,7,13H2,1-2H3/t8-/m0/s1. The highest BCUT2D eigenvalue weighted by atomic mass is 16.7. The van der Waals surface area contributed by atoms with Gasteiger partial charge in [0.25, 0.3) is 0 Å². The van der Waals surface area contributed by atoms with Crippen molar-refractivity contribution in [2.75, 3.05) is 13.9 Å². The lowest BCUT2D eigenvalue weighted by Crippen LogP contribution is -2.15. The van der Waals surface area contributed by atoms with Crippen molar-refractivity contribution in [1.82, 2.24) is 0 Å². The number of aryl methyl sites for hydroxylation is 1. The predicted octanol–water partition coefficient (Wildman–Crippen LogP) is 1.70. The van der Waals surface area contributed by atoms with Gasteiger partial charge < -0.3 is 19.9 Å². The zero-order valence-corrected chi connectivity index (χ0v) is 9.66. The summed E-state index contributed by atoms with van der Waals surface area (Å²) < 4.78 is 16.0. The SMILES string of the molecule is COc1cc2c(cc1CC[C@H](C)N)OCO2. The number of methoxy groups -OCH3 is 1. The predicted molar refractivity (Wildman–Crippen MR) is 61.1 cm³/mol. The molecule has 2 rings (SSSR count). The number of hydrogen-bond donors (Lipinski definition) is 1. The van der Waals surface area contributed by atoms with Gasteiger partial charge in [0.2, 0.25) is 6.79 Å². The maximum absolute atomic E-state index is 5.75. The van der Waals surface area contributed by atoms with Crippen LogP contribution in [0.5, 0.6) is 17.2 Å². The van der Waals surface area contributed by atoms with Gasteiger partial charge in [-0.1, -0.05) is 0 Å². The third-order valence-corrected chi connectivity index (χ3v) is 2.64. The summed E-state index contributed by atoms with van der Waals surface area (Å²) in [6, 6.07) is 4.04. The lowest BCUT2D eigenvalue weighted by atomic mass is 10.0. The second-order valence-corrected chi connectivity index (χ2v) is 4.03. The zero-order chi connectivity index (χ0) is 11.5. The summed E-state index contributed by atoms with van der Waals surface area (Å²) in [5, 5.41) is 0. The number of nitrogens with two attached hydrogens (primary N) is 1. The molecule has 0 unspecified atom stereocenters. The van der Waals surface area contributed by atoms with Crippen molar-refractivity contribution < 1.29 is 14.2 Å². The molecule has 1 aliphatic rings. The molecule has 0 aromatic heterocycles. The van der Waals surface area contributed by atoms with Crippen LogP contribution in [0.1, 0.15) is 18.9 Å². The summed E-state index contributed by atoms with van der Waals surface area (Å²) >= 11 is 0. The Bertz CT molecular complexity index is 377. The third kappa shape index (κ3) is 2.22. The van der Waals surface area contributed by atoms with E-state index in [0.717, 1.165) is 35.7 Å². The van der Waals surface area contributed by atoms with E-state index in [1.807, 2.05) is 19.1 Å². The normalized spacial score (nSPS) is 14.9. The minimum Gasteiger partial charge on any atom is -0.496 e. The molecule has 88 valence electrons. The zero-order valence-electron chi connectivity index (χ0n) is 9.66. The van der Waals surface area contributed by atoms with Crippen molar-refractivity contribution in [3.8, 4) is 17.2 Å². The summed E-state index contributed by atoms with van der Waals surface area (Å²) in [6.45, 7) is 2.29. The Labute approximate surface area is 95.3 Å². The molecule has 0 fully saturated rings. The van der Waals surface area contributed by atoms with E-state index in [4.69, 9.17) is 19.9 Å². The van der Waals surface area contributed by atoms with Crippen LogP contribution >= 0.6 is 0 Å². The largest absolute Gasteiger partial charge is 0.496 e. The van der Waals surface area contributed by atoms with Crippen molar-refractivity contribution in [2.45, 2.75) is 25.8 Å². The van der Waals surface area contributed by atoms with E-state index < -0.39 is 0 Å². The van der Waals surface area contributed by atoms with E-state index in [-0.39, 0.29) is 12.8 Å². The Morgan fingerprint density at radius 3 is 2.69 bits per heavy atom. The van der Waals surface area contributed by atoms with Crippen LogP contribution in [0.3, 0.4) is 0 Å². The van der Waals surface area contributed by atoms with Gasteiger partial charge in [0, 0.05) is 12.1 Å². The van der Waals surface area contributed by atoms with E-state index in [1.165, 1.54) is 0 Å².